The van der Waals surface area contributed by atoms with Crippen molar-refractivity contribution in [3.05, 3.63) is 35.9 Å². The number of hydrogen-bond acceptors (Lipinski definition) is 3. The minimum Gasteiger partial charge on any atom is -0.345 e. The average molecular weight is 329 g/mol. The van der Waals surface area contributed by atoms with Gasteiger partial charge in [0.25, 0.3) is 0 Å². The van der Waals surface area contributed by atoms with Crippen LogP contribution >= 0.6 is 0 Å². The van der Waals surface area contributed by atoms with Gasteiger partial charge in [-0.25, -0.2) is 0 Å². The molecule has 24 heavy (non-hydrogen) atoms. The molecule has 4 nitrogen and oxygen atoms in total. The lowest BCUT2D eigenvalue weighted by atomic mass is 9.72. The summed E-state index contributed by atoms with van der Waals surface area (Å²) in [5, 5.41) is 3.34. The van der Waals surface area contributed by atoms with Crippen LogP contribution in [-0.2, 0) is 10.3 Å². The quantitative estimate of drug-likeness (QED) is 0.871. The van der Waals surface area contributed by atoms with Crippen molar-refractivity contribution in [2.24, 2.45) is 5.92 Å². The van der Waals surface area contributed by atoms with Crippen molar-refractivity contribution in [1.29, 1.82) is 0 Å². The number of benzene rings is 1. The van der Waals surface area contributed by atoms with Crippen LogP contribution in [0.1, 0.15) is 38.7 Å². The van der Waals surface area contributed by atoms with E-state index >= 15 is 0 Å². The number of amides is 1. The van der Waals surface area contributed by atoms with Gasteiger partial charge in [-0.3, -0.25) is 9.69 Å². The summed E-state index contributed by atoms with van der Waals surface area (Å²) in [6.45, 7) is 10.4. The van der Waals surface area contributed by atoms with Gasteiger partial charge in [0.2, 0.25) is 5.91 Å². The highest BCUT2D eigenvalue weighted by Gasteiger charge is 2.40. The van der Waals surface area contributed by atoms with Gasteiger partial charge in [0.05, 0.1) is 12.1 Å². The lowest BCUT2D eigenvalue weighted by Gasteiger charge is -2.44. The minimum absolute atomic E-state index is 0.113. The summed E-state index contributed by atoms with van der Waals surface area (Å²) in [5.41, 5.74) is 1.14. The van der Waals surface area contributed by atoms with Gasteiger partial charge in [0, 0.05) is 32.7 Å². The van der Waals surface area contributed by atoms with E-state index in [2.05, 4.69) is 53.2 Å². The highest BCUT2D eigenvalue weighted by molar-refractivity contribution is 5.79. The van der Waals surface area contributed by atoms with Crippen LogP contribution in [0.5, 0.6) is 0 Å². The summed E-state index contributed by atoms with van der Waals surface area (Å²) in [4.78, 5) is 17.4. The first-order valence-electron chi connectivity index (χ1n) is 9.39. The third-order valence-corrected chi connectivity index (χ3v) is 5.37. The third-order valence-electron chi connectivity index (χ3n) is 5.37. The summed E-state index contributed by atoms with van der Waals surface area (Å²) in [7, 11) is 0. The first-order chi connectivity index (χ1) is 11.6. The minimum atomic E-state index is -0.113. The number of nitrogens with zero attached hydrogens (tertiary/aromatic N) is 2. The summed E-state index contributed by atoms with van der Waals surface area (Å²) in [5.74, 6) is 0.889. The second-order valence-electron chi connectivity index (χ2n) is 7.82. The van der Waals surface area contributed by atoms with Gasteiger partial charge in [-0.05, 0) is 30.7 Å². The Bertz CT molecular complexity index is 531. The maximum atomic E-state index is 12.6. The van der Waals surface area contributed by atoms with Crippen LogP contribution in [0, 0.1) is 5.92 Å². The molecular weight excluding hydrogens is 298 g/mol. The Morgan fingerprint density at radius 2 is 1.71 bits per heavy atom. The van der Waals surface area contributed by atoms with Crippen LogP contribution in [0.15, 0.2) is 30.3 Å². The van der Waals surface area contributed by atoms with Crippen LogP contribution in [0.3, 0.4) is 0 Å². The highest BCUT2D eigenvalue weighted by atomic mass is 16.2. The van der Waals surface area contributed by atoms with E-state index in [0.717, 1.165) is 45.6 Å². The molecular formula is C20H31N3O. The number of piperazine rings is 1. The summed E-state index contributed by atoms with van der Waals surface area (Å²) < 4.78 is 0. The standard InChI is InChI=1S/C20H31N3O/c1-17(2)15-22-11-13-23(14-12-22)16-19(24)21-20(9-6-10-20)18-7-4-3-5-8-18/h3-5,7-8,17H,6,9-16H2,1-2H3,(H,21,24). The Hall–Kier alpha value is -1.39. The van der Waals surface area contributed by atoms with E-state index in [1.807, 2.05) is 6.07 Å². The topological polar surface area (TPSA) is 35.6 Å². The molecule has 132 valence electrons. The highest BCUT2D eigenvalue weighted by Crippen LogP contribution is 2.41. The van der Waals surface area contributed by atoms with E-state index in [9.17, 15) is 4.79 Å². The lowest BCUT2D eigenvalue weighted by molar-refractivity contribution is -0.126. The molecule has 0 radical (unpaired) electrons. The van der Waals surface area contributed by atoms with Crippen molar-refractivity contribution in [2.75, 3.05) is 39.3 Å². The molecule has 1 aliphatic heterocycles. The lowest BCUT2D eigenvalue weighted by Crippen LogP contribution is -2.55. The number of nitrogens with one attached hydrogen (secondary N) is 1. The molecule has 3 rings (SSSR count). The van der Waals surface area contributed by atoms with Crippen molar-refractivity contribution in [1.82, 2.24) is 15.1 Å². The zero-order valence-electron chi connectivity index (χ0n) is 15.1. The number of carbonyl (C=O) groups is 1. The Morgan fingerprint density at radius 3 is 2.25 bits per heavy atom. The Balaban J connectivity index is 1.49. The van der Waals surface area contributed by atoms with Crippen LogP contribution in [0.25, 0.3) is 0 Å². The molecule has 1 saturated heterocycles. The molecule has 1 heterocycles. The van der Waals surface area contributed by atoms with E-state index in [1.54, 1.807) is 0 Å². The number of hydrogen-bond donors (Lipinski definition) is 1. The molecule has 0 spiro atoms. The van der Waals surface area contributed by atoms with E-state index in [1.165, 1.54) is 12.0 Å². The molecule has 2 fully saturated rings. The second-order valence-corrected chi connectivity index (χ2v) is 7.82. The zero-order chi connectivity index (χ0) is 17.0. The molecule has 0 bridgehead atoms. The molecule has 2 aliphatic rings. The molecule has 1 aromatic rings. The predicted octanol–water partition coefficient (Wildman–Crippen LogP) is 2.46. The molecule has 1 aromatic carbocycles. The summed E-state index contributed by atoms with van der Waals surface area (Å²) in [6.07, 6.45) is 3.32. The Labute approximate surface area is 146 Å². The van der Waals surface area contributed by atoms with Crippen LogP contribution in [0.4, 0.5) is 0 Å². The molecule has 1 amide bonds. The fraction of sp³-hybridized carbons (Fsp3) is 0.650. The largest absolute Gasteiger partial charge is 0.345 e. The Morgan fingerprint density at radius 1 is 1.08 bits per heavy atom. The van der Waals surface area contributed by atoms with Gasteiger partial charge in [0.15, 0.2) is 0 Å². The molecule has 1 aliphatic carbocycles. The first kappa shape index (κ1) is 17.4. The van der Waals surface area contributed by atoms with Gasteiger partial charge >= 0.3 is 0 Å². The first-order valence-corrected chi connectivity index (χ1v) is 9.39. The van der Waals surface area contributed by atoms with Crippen LogP contribution in [-0.4, -0.2) is 55.0 Å². The molecule has 4 heteroatoms. The van der Waals surface area contributed by atoms with Gasteiger partial charge < -0.3 is 10.2 Å². The average Bonchev–Trinajstić information content (AvgIpc) is 2.53. The fourth-order valence-corrected chi connectivity index (χ4v) is 3.93. The van der Waals surface area contributed by atoms with E-state index in [4.69, 9.17) is 0 Å². The summed E-state index contributed by atoms with van der Waals surface area (Å²) >= 11 is 0. The smallest absolute Gasteiger partial charge is 0.234 e. The van der Waals surface area contributed by atoms with Gasteiger partial charge in [-0.15, -0.1) is 0 Å². The fourth-order valence-electron chi connectivity index (χ4n) is 3.93. The van der Waals surface area contributed by atoms with Crippen molar-refractivity contribution in [3.8, 4) is 0 Å². The predicted molar refractivity (Wildman–Crippen MR) is 97.8 cm³/mol. The van der Waals surface area contributed by atoms with Gasteiger partial charge in [-0.2, -0.15) is 0 Å². The van der Waals surface area contributed by atoms with Gasteiger partial charge in [-0.1, -0.05) is 44.2 Å². The molecule has 0 aromatic heterocycles. The van der Waals surface area contributed by atoms with Crippen molar-refractivity contribution in [3.63, 3.8) is 0 Å². The molecule has 1 saturated carbocycles. The van der Waals surface area contributed by atoms with Crippen molar-refractivity contribution in [2.45, 2.75) is 38.6 Å². The monoisotopic (exact) mass is 329 g/mol. The van der Waals surface area contributed by atoms with Crippen LogP contribution < -0.4 is 5.32 Å². The zero-order valence-corrected chi connectivity index (χ0v) is 15.1. The van der Waals surface area contributed by atoms with E-state index < -0.39 is 0 Å². The van der Waals surface area contributed by atoms with Crippen LogP contribution in [0.2, 0.25) is 0 Å². The maximum absolute atomic E-state index is 12.6. The normalized spacial score (nSPS) is 21.5. The van der Waals surface area contributed by atoms with Crippen molar-refractivity contribution >= 4 is 5.91 Å². The number of carbonyl (C=O) groups excluding carboxylic acids is 1. The SMILES string of the molecule is CC(C)CN1CCN(CC(=O)NC2(c3ccccc3)CCC2)CC1. The van der Waals surface area contributed by atoms with Crippen molar-refractivity contribution < 1.29 is 4.79 Å². The maximum Gasteiger partial charge on any atom is 0.234 e. The third kappa shape index (κ3) is 4.17. The summed E-state index contributed by atoms with van der Waals surface area (Å²) in [6, 6.07) is 10.5. The Kier molecular flexibility index (Phi) is 5.57. The van der Waals surface area contributed by atoms with Gasteiger partial charge in [0.1, 0.15) is 0 Å². The second kappa shape index (κ2) is 7.66. The molecule has 0 unspecified atom stereocenters. The molecule has 0 atom stereocenters. The molecule has 1 N–H and O–H groups in total. The van der Waals surface area contributed by atoms with E-state index in [0.29, 0.717) is 12.5 Å². The number of rotatable bonds is 6. The van der Waals surface area contributed by atoms with E-state index in [-0.39, 0.29) is 11.4 Å².